The molecule has 228 valence electrons. The molecule has 0 radical (unpaired) electrons. The molecule has 0 aliphatic carbocycles. The first-order valence-corrected chi connectivity index (χ1v) is 17.5. The Balaban J connectivity index is 1.37. The number of anilines is 7. The van der Waals surface area contributed by atoms with Crippen LogP contribution < -0.4 is 31.1 Å². The van der Waals surface area contributed by atoms with Crippen molar-refractivity contribution in [3.63, 3.8) is 0 Å². The molecule has 0 bridgehead atoms. The Bertz CT molecular complexity index is 1840. The van der Waals surface area contributed by atoms with Gasteiger partial charge in [-0.3, -0.25) is 0 Å². The zero-order valence-corrected chi connectivity index (χ0v) is 27.6. The standard InChI is InChI=1S/C42H42BN3/c1-27(2)32-19-21-36-41-34(32)17-11-23-44(41)38-25-31(46(29-13-7-5-8-14-29)30-15-9-6-10-16-30)26-39-40(38)43(36)37-22-20-33(28(3)4)35-18-12-24-45(39)42(35)37/h5-10,13-16,19-22,25-28H,11-12,17-18,23-24H2,1-4H3. The van der Waals surface area contributed by atoms with Crippen molar-refractivity contribution in [2.45, 2.75) is 65.2 Å². The van der Waals surface area contributed by atoms with Crippen molar-refractivity contribution in [3.8, 4) is 0 Å². The molecule has 4 aliphatic rings. The molecule has 0 spiro atoms. The van der Waals surface area contributed by atoms with Gasteiger partial charge in [0.2, 0.25) is 0 Å². The Morgan fingerprint density at radius 3 is 1.46 bits per heavy atom. The van der Waals surface area contributed by atoms with Gasteiger partial charge < -0.3 is 14.7 Å². The Hall–Kier alpha value is -4.44. The van der Waals surface area contributed by atoms with Crippen molar-refractivity contribution in [2.75, 3.05) is 27.8 Å². The van der Waals surface area contributed by atoms with E-state index in [2.05, 4.69) is 139 Å². The number of benzene rings is 5. The summed E-state index contributed by atoms with van der Waals surface area (Å²) in [4.78, 5) is 7.89. The summed E-state index contributed by atoms with van der Waals surface area (Å²) in [7, 11) is 0. The zero-order valence-electron chi connectivity index (χ0n) is 27.6. The van der Waals surface area contributed by atoms with E-state index in [9.17, 15) is 0 Å². The maximum Gasteiger partial charge on any atom is 0.252 e. The number of hydrogen-bond acceptors (Lipinski definition) is 3. The summed E-state index contributed by atoms with van der Waals surface area (Å²) in [6.45, 7) is 11.8. The first-order chi connectivity index (χ1) is 22.5. The third kappa shape index (κ3) is 3.98. The van der Waals surface area contributed by atoms with Crippen LogP contribution in [0, 0.1) is 0 Å². The second-order valence-corrected chi connectivity index (χ2v) is 14.3. The van der Waals surface area contributed by atoms with Crippen LogP contribution in [-0.2, 0) is 12.8 Å². The van der Waals surface area contributed by atoms with E-state index in [0.29, 0.717) is 11.8 Å². The van der Waals surface area contributed by atoms with Crippen LogP contribution in [0.25, 0.3) is 0 Å². The molecule has 0 amide bonds. The number of nitrogens with zero attached hydrogens (tertiary/aromatic N) is 3. The summed E-state index contributed by atoms with van der Waals surface area (Å²) in [6.07, 6.45) is 4.70. The number of rotatable bonds is 5. The van der Waals surface area contributed by atoms with E-state index >= 15 is 0 Å². The summed E-state index contributed by atoms with van der Waals surface area (Å²) in [5.41, 5.74) is 20.1. The van der Waals surface area contributed by atoms with Crippen LogP contribution >= 0.6 is 0 Å². The van der Waals surface area contributed by atoms with E-state index in [1.54, 1.807) is 11.1 Å². The number of fused-ring (bicyclic) bond motifs is 4. The first kappa shape index (κ1) is 27.8. The van der Waals surface area contributed by atoms with Gasteiger partial charge in [0, 0.05) is 47.2 Å². The Morgan fingerprint density at radius 1 is 0.565 bits per heavy atom. The van der Waals surface area contributed by atoms with Gasteiger partial charge in [-0.15, -0.1) is 0 Å². The highest BCUT2D eigenvalue weighted by molar-refractivity contribution is 7.00. The summed E-state index contributed by atoms with van der Waals surface area (Å²) in [5.74, 6) is 1.02. The van der Waals surface area contributed by atoms with Crippen molar-refractivity contribution in [1.82, 2.24) is 0 Å². The molecule has 4 heterocycles. The van der Waals surface area contributed by atoms with Crippen molar-refractivity contribution >= 4 is 62.9 Å². The lowest BCUT2D eigenvalue weighted by Crippen LogP contribution is -2.63. The maximum atomic E-state index is 2.71. The molecule has 0 atom stereocenters. The summed E-state index contributed by atoms with van der Waals surface area (Å²) in [5, 5.41) is 0. The van der Waals surface area contributed by atoms with Gasteiger partial charge in [0.15, 0.2) is 0 Å². The second kappa shape index (κ2) is 10.6. The molecule has 0 N–H and O–H groups in total. The van der Waals surface area contributed by atoms with Crippen LogP contribution in [-0.4, -0.2) is 19.8 Å². The molecular weight excluding hydrogens is 557 g/mol. The van der Waals surface area contributed by atoms with Crippen LogP contribution in [0.2, 0.25) is 0 Å². The van der Waals surface area contributed by atoms with Gasteiger partial charge in [-0.1, -0.05) is 88.4 Å². The third-order valence-corrected chi connectivity index (χ3v) is 11.0. The fraction of sp³-hybridized carbons (Fsp3) is 0.286. The summed E-state index contributed by atoms with van der Waals surface area (Å²) in [6, 6.07) is 36.8. The molecule has 5 aromatic carbocycles. The van der Waals surface area contributed by atoms with Crippen LogP contribution in [0.4, 0.5) is 39.8 Å². The minimum atomic E-state index is 0.245. The molecule has 9 rings (SSSR count). The molecule has 0 fully saturated rings. The van der Waals surface area contributed by atoms with Gasteiger partial charge >= 0.3 is 0 Å². The smallest absolute Gasteiger partial charge is 0.252 e. The van der Waals surface area contributed by atoms with Crippen molar-refractivity contribution in [1.29, 1.82) is 0 Å². The highest BCUT2D eigenvalue weighted by atomic mass is 15.2. The van der Waals surface area contributed by atoms with Gasteiger partial charge in [0.1, 0.15) is 0 Å². The predicted octanol–water partition coefficient (Wildman–Crippen LogP) is 8.71. The van der Waals surface area contributed by atoms with E-state index in [1.807, 2.05) is 0 Å². The first-order valence-electron chi connectivity index (χ1n) is 17.5. The highest BCUT2D eigenvalue weighted by Gasteiger charge is 2.46. The van der Waals surface area contributed by atoms with E-state index in [0.717, 1.165) is 13.1 Å². The molecule has 46 heavy (non-hydrogen) atoms. The fourth-order valence-electron chi connectivity index (χ4n) is 9.14. The van der Waals surface area contributed by atoms with Gasteiger partial charge in [-0.05, 0) is 113 Å². The minimum Gasteiger partial charge on any atom is -0.342 e. The van der Waals surface area contributed by atoms with Crippen LogP contribution in [0.5, 0.6) is 0 Å². The zero-order chi connectivity index (χ0) is 31.1. The quantitative estimate of drug-likeness (QED) is 0.187. The fourth-order valence-corrected chi connectivity index (χ4v) is 9.14. The van der Waals surface area contributed by atoms with E-state index < -0.39 is 0 Å². The maximum absolute atomic E-state index is 2.71. The average molecular weight is 600 g/mol. The molecule has 0 aromatic heterocycles. The molecule has 0 unspecified atom stereocenters. The minimum absolute atomic E-state index is 0.245. The van der Waals surface area contributed by atoms with Gasteiger partial charge in [-0.2, -0.15) is 0 Å². The van der Waals surface area contributed by atoms with Gasteiger partial charge in [0.25, 0.3) is 6.71 Å². The largest absolute Gasteiger partial charge is 0.342 e. The Morgan fingerprint density at radius 2 is 1.02 bits per heavy atom. The lowest BCUT2D eigenvalue weighted by atomic mass is 9.33. The predicted molar refractivity (Wildman–Crippen MR) is 197 cm³/mol. The average Bonchev–Trinajstić information content (AvgIpc) is 3.08. The van der Waals surface area contributed by atoms with E-state index in [4.69, 9.17) is 0 Å². The molecule has 5 aromatic rings. The number of para-hydroxylation sites is 2. The molecule has 0 saturated heterocycles. The Labute approximate surface area is 274 Å². The van der Waals surface area contributed by atoms with Crippen LogP contribution in [0.1, 0.15) is 74.6 Å². The topological polar surface area (TPSA) is 9.72 Å². The molecule has 0 saturated carbocycles. The monoisotopic (exact) mass is 599 g/mol. The van der Waals surface area contributed by atoms with Crippen LogP contribution in [0.3, 0.4) is 0 Å². The van der Waals surface area contributed by atoms with Crippen LogP contribution in [0.15, 0.2) is 97.1 Å². The lowest BCUT2D eigenvalue weighted by Gasteiger charge is -2.49. The normalized spacial score (nSPS) is 15.6. The van der Waals surface area contributed by atoms with Gasteiger partial charge in [-0.25, -0.2) is 0 Å². The van der Waals surface area contributed by atoms with E-state index in [1.165, 1.54) is 93.0 Å². The van der Waals surface area contributed by atoms with Crippen molar-refractivity contribution in [3.05, 3.63) is 119 Å². The third-order valence-electron chi connectivity index (χ3n) is 11.0. The SMILES string of the molecule is CC(C)c1ccc2c3c1CCCN3c1cc(N(c3ccccc3)c3ccccc3)cc3c1B2c1ccc(C(C)C)c2c1N3CCC2. The molecule has 3 nitrogen and oxygen atoms in total. The lowest BCUT2D eigenvalue weighted by molar-refractivity contribution is 0.737. The second-order valence-electron chi connectivity index (χ2n) is 14.3. The molecule has 4 aliphatic heterocycles. The van der Waals surface area contributed by atoms with Gasteiger partial charge in [0.05, 0.1) is 5.69 Å². The summed E-state index contributed by atoms with van der Waals surface area (Å²) < 4.78 is 0. The van der Waals surface area contributed by atoms with E-state index in [-0.39, 0.29) is 6.71 Å². The number of hydrogen-bond donors (Lipinski definition) is 0. The molecular formula is C42H42BN3. The van der Waals surface area contributed by atoms with Crippen molar-refractivity contribution in [2.24, 2.45) is 0 Å². The molecule has 4 heteroatoms. The Kier molecular flexibility index (Phi) is 6.39. The highest BCUT2D eigenvalue weighted by Crippen LogP contribution is 2.48. The summed E-state index contributed by atoms with van der Waals surface area (Å²) >= 11 is 0. The van der Waals surface area contributed by atoms with Crippen molar-refractivity contribution < 1.29 is 0 Å².